The van der Waals surface area contributed by atoms with Gasteiger partial charge in [-0.1, -0.05) is 0 Å². The summed E-state index contributed by atoms with van der Waals surface area (Å²) in [5, 5.41) is 6.57. The first-order valence-corrected chi connectivity index (χ1v) is 6.48. The van der Waals surface area contributed by atoms with Crippen LogP contribution in [0, 0.1) is 0 Å². The van der Waals surface area contributed by atoms with E-state index < -0.39 is 9.04 Å². The third-order valence-corrected chi connectivity index (χ3v) is 2.03. The molecular weight excluding hydrogens is 176 g/mol. The number of hydrogen-bond acceptors (Lipinski definition) is 4. The van der Waals surface area contributed by atoms with Crippen LogP contribution in [0.3, 0.4) is 0 Å². The molecule has 3 nitrogen and oxygen atoms in total. The Bertz CT molecular complexity index is 222. The minimum absolute atomic E-state index is 0.709. The van der Waals surface area contributed by atoms with Gasteiger partial charge in [0.15, 0.2) is 0 Å². The van der Waals surface area contributed by atoms with Crippen LogP contribution < -0.4 is 0 Å². The predicted molar refractivity (Wildman–Crippen MR) is 48.3 cm³/mol. The molecule has 0 amide bonds. The Labute approximate surface area is 71.5 Å². The molecule has 59 valence electrons. The van der Waals surface area contributed by atoms with E-state index in [0.29, 0.717) is 0 Å². The number of aromatic nitrogens is 1. The Morgan fingerprint density at radius 2 is 2.55 bits per heavy atom. The van der Waals surface area contributed by atoms with Gasteiger partial charge in [-0.2, -0.15) is 0 Å². The fourth-order valence-corrected chi connectivity index (χ4v) is 1.23. The summed E-state index contributed by atoms with van der Waals surface area (Å²) in [6.45, 7) is 4.06. The van der Waals surface area contributed by atoms with Crippen molar-refractivity contribution in [3.63, 3.8) is 0 Å². The SMILES string of the molecule is C[Si](C)O/N=C/c1nccs1. The smallest absolute Gasteiger partial charge is 0.313 e. The van der Waals surface area contributed by atoms with Crippen molar-refractivity contribution in [1.29, 1.82) is 0 Å². The molecule has 11 heavy (non-hydrogen) atoms. The van der Waals surface area contributed by atoms with Crippen LogP contribution in [0.4, 0.5) is 0 Å². The molecule has 0 atom stereocenters. The number of oxime groups is 1. The first-order chi connectivity index (χ1) is 5.29. The maximum Gasteiger partial charge on any atom is 0.313 e. The van der Waals surface area contributed by atoms with Gasteiger partial charge < -0.3 is 4.53 Å². The molecule has 0 aliphatic carbocycles. The first-order valence-electron chi connectivity index (χ1n) is 3.19. The lowest BCUT2D eigenvalue weighted by molar-refractivity contribution is 0.354. The maximum absolute atomic E-state index is 5.05. The summed E-state index contributed by atoms with van der Waals surface area (Å²) < 4.78 is 5.05. The van der Waals surface area contributed by atoms with Crippen molar-refractivity contribution in [2.75, 3.05) is 0 Å². The second kappa shape index (κ2) is 4.25. The highest BCUT2D eigenvalue weighted by Gasteiger charge is 1.94. The summed E-state index contributed by atoms with van der Waals surface area (Å²) in [6, 6.07) is 0. The summed E-state index contributed by atoms with van der Waals surface area (Å²) in [5.41, 5.74) is 0. The zero-order valence-electron chi connectivity index (χ0n) is 6.44. The van der Waals surface area contributed by atoms with Gasteiger partial charge in [-0.3, -0.25) is 0 Å². The molecule has 1 aromatic heterocycles. The van der Waals surface area contributed by atoms with Crippen LogP contribution >= 0.6 is 11.3 Å². The van der Waals surface area contributed by atoms with E-state index in [1.54, 1.807) is 23.7 Å². The van der Waals surface area contributed by atoms with Gasteiger partial charge in [-0.05, 0) is 13.1 Å². The topological polar surface area (TPSA) is 34.5 Å². The minimum atomic E-state index is -0.709. The first kappa shape index (κ1) is 8.41. The lowest BCUT2D eigenvalue weighted by atomic mass is 10.8. The van der Waals surface area contributed by atoms with E-state index in [4.69, 9.17) is 4.53 Å². The van der Waals surface area contributed by atoms with Crippen molar-refractivity contribution >= 4 is 26.6 Å². The van der Waals surface area contributed by atoms with Crippen molar-refractivity contribution in [2.24, 2.45) is 5.16 Å². The van der Waals surface area contributed by atoms with E-state index in [0.717, 1.165) is 5.01 Å². The average Bonchev–Trinajstić information content (AvgIpc) is 2.39. The van der Waals surface area contributed by atoms with E-state index in [9.17, 15) is 0 Å². The van der Waals surface area contributed by atoms with Gasteiger partial charge >= 0.3 is 9.04 Å². The van der Waals surface area contributed by atoms with Gasteiger partial charge in [0.2, 0.25) is 0 Å². The molecule has 0 bridgehead atoms. The van der Waals surface area contributed by atoms with Gasteiger partial charge in [0.25, 0.3) is 0 Å². The van der Waals surface area contributed by atoms with Crippen LogP contribution in [0.15, 0.2) is 16.7 Å². The van der Waals surface area contributed by atoms with Crippen LogP contribution in [-0.4, -0.2) is 20.2 Å². The van der Waals surface area contributed by atoms with Crippen LogP contribution in [0.2, 0.25) is 13.1 Å². The highest BCUT2D eigenvalue weighted by Crippen LogP contribution is 1.99. The summed E-state index contributed by atoms with van der Waals surface area (Å²) in [5.74, 6) is 0. The van der Waals surface area contributed by atoms with Gasteiger partial charge in [0, 0.05) is 11.6 Å². The van der Waals surface area contributed by atoms with Gasteiger partial charge in [-0.25, -0.2) is 4.98 Å². The monoisotopic (exact) mass is 185 g/mol. The molecule has 0 aliphatic rings. The van der Waals surface area contributed by atoms with Crippen LogP contribution in [0.25, 0.3) is 0 Å². The normalized spacial score (nSPS) is 11.2. The molecule has 0 spiro atoms. The second-order valence-electron chi connectivity index (χ2n) is 2.10. The molecular formula is C6H9N2OSSi. The third kappa shape index (κ3) is 3.29. The molecule has 5 heteroatoms. The summed E-state index contributed by atoms with van der Waals surface area (Å²) in [6.07, 6.45) is 3.39. The molecule has 0 N–H and O–H groups in total. The fraction of sp³-hybridized carbons (Fsp3) is 0.333. The summed E-state index contributed by atoms with van der Waals surface area (Å²) in [4.78, 5) is 4.01. The zero-order valence-corrected chi connectivity index (χ0v) is 8.26. The highest BCUT2D eigenvalue weighted by molar-refractivity contribution is 7.11. The van der Waals surface area contributed by atoms with Crippen LogP contribution in [-0.2, 0) is 4.53 Å². The number of hydrogen-bond donors (Lipinski definition) is 0. The number of nitrogens with zero attached hydrogens (tertiary/aromatic N) is 2. The van der Waals surface area contributed by atoms with Gasteiger partial charge in [-0.15, -0.1) is 16.5 Å². The molecule has 0 unspecified atom stereocenters. The van der Waals surface area contributed by atoms with Crippen molar-refractivity contribution < 1.29 is 4.53 Å². The van der Waals surface area contributed by atoms with Crippen molar-refractivity contribution in [3.05, 3.63) is 16.6 Å². The average molecular weight is 185 g/mol. The predicted octanol–water partition coefficient (Wildman–Crippen LogP) is 1.74. The van der Waals surface area contributed by atoms with E-state index in [2.05, 4.69) is 10.1 Å². The Hall–Kier alpha value is -0.683. The van der Waals surface area contributed by atoms with Crippen LogP contribution in [0.1, 0.15) is 5.01 Å². The molecule has 0 aliphatic heterocycles. The Kier molecular flexibility index (Phi) is 3.25. The third-order valence-electron chi connectivity index (χ3n) is 0.850. The van der Waals surface area contributed by atoms with Crippen molar-refractivity contribution in [2.45, 2.75) is 13.1 Å². The maximum atomic E-state index is 5.05. The highest BCUT2D eigenvalue weighted by atomic mass is 32.1. The molecule has 1 radical (unpaired) electrons. The second-order valence-corrected chi connectivity index (χ2v) is 5.03. The summed E-state index contributed by atoms with van der Waals surface area (Å²) in [7, 11) is -0.709. The molecule has 0 aromatic carbocycles. The standard InChI is InChI=1S/C6H9N2OSSi/c1-11(2)9-8-5-6-7-3-4-10-6/h3-5H,1-2H3/b8-5+. The minimum Gasteiger partial charge on any atom is -0.455 e. The Morgan fingerprint density at radius 3 is 3.09 bits per heavy atom. The lowest BCUT2D eigenvalue weighted by Gasteiger charge is -1.96. The van der Waals surface area contributed by atoms with Crippen molar-refractivity contribution in [1.82, 2.24) is 4.98 Å². The number of thiazole rings is 1. The van der Waals surface area contributed by atoms with E-state index >= 15 is 0 Å². The molecule has 1 rings (SSSR count). The summed E-state index contributed by atoms with van der Waals surface area (Å²) >= 11 is 1.55. The van der Waals surface area contributed by atoms with Gasteiger partial charge in [0.1, 0.15) is 11.2 Å². The van der Waals surface area contributed by atoms with Crippen LogP contribution in [0.5, 0.6) is 0 Å². The lowest BCUT2D eigenvalue weighted by Crippen LogP contribution is -2.01. The molecule has 1 aromatic rings. The Balaban J connectivity index is 2.37. The zero-order chi connectivity index (χ0) is 8.10. The largest absolute Gasteiger partial charge is 0.455 e. The van der Waals surface area contributed by atoms with Crippen molar-refractivity contribution in [3.8, 4) is 0 Å². The van der Waals surface area contributed by atoms with E-state index in [1.165, 1.54) is 0 Å². The van der Waals surface area contributed by atoms with E-state index in [1.807, 2.05) is 18.5 Å². The molecule has 0 saturated carbocycles. The quantitative estimate of drug-likeness (QED) is 0.408. The van der Waals surface area contributed by atoms with Gasteiger partial charge in [0.05, 0.1) is 0 Å². The molecule has 0 saturated heterocycles. The molecule has 0 fully saturated rings. The fourth-order valence-electron chi connectivity index (χ4n) is 0.475. The Morgan fingerprint density at radius 1 is 1.73 bits per heavy atom. The molecule has 1 heterocycles. The van der Waals surface area contributed by atoms with E-state index in [-0.39, 0.29) is 0 Å². The number of rotatable bonds is 3.